The number of hydrogen-bond acceptors (Lipinski definition) is 4. The Labute approximate surface area is 143 Å². The molecule has 0 unspecified atom stereocenters. The smallest absolute Gasteiger partial charge is 0.293 e. The molecule has 7 heteroatoms. The van der Waals surface area contributed by atoms with Gasteiger partial charge in [-0.05, 0) is 36.4 Å². The second kappa shape index (κ2) is 7.40. The maximum absolute atomic E-state index is 12.3. The van der Waals surface area contributed by atoms with Crippen LogP contribution in [0.25, 0.3) is 6.08 Å². The first-order chi connectivity index (χ1) is 10.5. The summed E-state index contributed by atoms with van der Waals surface area (Å²) in [6, 6.07) is 3.21. The minimum atomic E-state index is -0.290. The van der Waals surface area contributed by atoms with E-state index < -0.39 is 0 Å². The van der Waals surface area contributed by atoms with Crippen LogP contribution in [0.5, 0.6) is 5.75 Å². The highest BCUT2D eigenvalue weighted by molar-refractivity contribution is 8.18. The molecule has 2 rings (SSSR count). The number of unbranched alkanes of at least 4 members (excludes halogenated alkanes) is 1. The van der Waals surface area contributed by atoms with E-state index in [4.69, 9.17) is 27.9 Å². The van der Waals surface area contributed by atoms with Crippen molar-refractivity contribution in [3.8, 4) is 5.75 Å². The zero-order valence-corrected chi connectivity index (χ0v) is 14.5. The third-order valence-corrected chi connectivity index (χ3v) is 4.54. The molecule has 4 nitrogen and oxygen atoms in total. The fraction of sp³-hybridized carbons (Fsp3) is 0.333. The normalized spacial score (nSPS) is 16.7. The van der Waals surface area contributed by atoms with Crippen LogP contribution in [0.15, 0.2) is 17.0 Å². The van der Waals surface area contributed by atoms with Crippen LogP contribution in [0.3, 0.4) is 0 Å². The maximum Gasteiger partial charge on any atom is 0.293 e. The van der Waals surface area contributed by atoms with Crippen molar-refractivity contribution in [2.24, 2.45) is 0 Å². The molecule has 0 N–H and O–H groups in total. The molecule has 118 valence electrons. The quantitative estimate of drug-likeness (QED) is 0.705. The molecule has 1 fully saturated rings. The van der Waals surface area contributed by atoms with Crippen molar-refractivity contribution in [1.29, 1.82) is 0 Å². The number of carbonyl (C=O) groups is 2. The molecular weight excluding hydrogens is 345 g/mol. The van der Waals surface area contributed by atoms with Crippen LogP contribution in [-0.4, -0.2) is 29.7 Å². The van der Waals surface area contributed by atoms with Crippen LogP contribution in [0, 0.1) is 0 Å². The van der Waals surface area contributed by atoms with Gasteiger partial charge in [-0.3, -0.25) is 14.5 Å². The molecule has 1 heterocycles. The van der Waals surface area contributed by atoms with E-state index in [9.17, 15) is 9.59 Å². The highest BCUT2D eigenvalue weighted by Crippen LogP contribution is 2.37. The van der Waals surface area contributed by atoms with Crippen molar-refractivity contribution in [3.63, 3.8) is 0 Å². The van der Waals surface area contributed by atoms with Gasteiger partial charge >= 0.3 is 0 Å². The van der Waals surface area contributed by atoms with Crippen molar-refractivity contribution >= 4 is 52.2 Å². The van der Waals surface area contributed by atoms with Crippen LogP contribution in [0.4, 0.5) is 4.79 Å². The van der Waals surface area contributed by atoms with Crippen molar-refractivity contribution < 1.29 is 14.3 Å². The Bertz CT molecular complexity index is 646. The summed E-state index contributed by atoms with van der Waals surface area (Å²) in [6.07, 6.45) is 3.30. The third kappa shape index (κ3) is 3.59. The zero-order chi connectivity index (χ0) is 16.3. The molecule has 0 saturated carbocycles. The summed E-state index contributed by atoms with van der Waals surface area (Å²) >= 11 is 13.0. The molecule has 1 saturated heterocycles. The fourth-order valence-corrected chi connectivity index (χ4v) is 3.50. The van der Waals surface area contributed by atoms with Crippen LogP contribution >= 0.6 is 35.0 Å². The molecule has 22 heavy (non-hydrogen) atoms. The lowest BCUT2D eigenvalue weighted by molar-refractivity contribution is -0.122. The number of amides is 2. The van der Waals surface area contributed by atoms with E-state index in [1.807, 2.05) is 6.92 Å². The molecule has 1 aromatic rings. The first-order valence-corrected chi connectivity index (χ1v) is 8.33. The van der Waals surface area contributed by atoms with Gasteiger partial charge in [0.2, 0.25) is 0 Å². The van der Waals surface area contributed by atoms with Crippen LogP contribution in [0.1, 0.15) is 25.3 Å². The predicted octanol–water partition coefficient (Wildman–Crippen LogP) is 4.84. The standard InChI is InChI=1S/C15H15Cl2NO3S/c1-3-4-5-18-14(19)12(22-15(18)20)7-9-6-10(16)8-11(17)13(9)21-2/h6-8H,3-5H2,1-2H3/b12-7+. The zero-order valence-electron chi connectivity index (χ0n) is 12.2. The lowest BCUT2D eigenvalue weighted by Crippen LogP contribution is -2.29. The van der Waals surface area contributed by atoms with Crippen molar-refractivity contribution in [3.05, 3.63) is 32.6 Å². The molecular formula is C15H15Cl2NO3S. The van der Waals surface area contributed by atoms with Gasteiger partial charge in [-0.2, -0.15) is 0 Å². The molecule has 1 aliphatic heterocycles. The summed E-state index contributed by atoms with van der Waals surface area (Å²) in [5.41, 5.74) is 0.570. The SMILES string of the molecule is CCCCN1C(=O)S/C(=C/c2cc(Cl)cc(Cl)c2OC)C1=O. The van der Waals surface area contributed by atoms with Gasteiger partial charge in [-0.1, -0.05) is 36.5 Å². The Morgan fingerprint density at radius 3 is 2.68 bits per heavy atom. The Hall–Kier alpha value is -1.17. The second-order valence-electron chi connectivity index (χ2n) is 4.70. The number of halogens is 2. The van der Waals surface area contributed by atoms with Gasteiger partial charge in [0.15, 0.2) is 0 Å². The highest BCUT2D eigenvalue weighted by atomic mass is 35.5. The van der Waals surface area contributed by atoms with Crippen molar-refractivity contribution in [2.75, 3.05) is 13.7 Å². The fourth-order valence-electron chi connectivity index (χ4n) is 2.05. The maximum atomic E-state index is 12.3. The Balaban J connectivity index is 2.35. The second-order valence-corrected chi connectivity index (χ2v) is 6.53. The van der Waals surface area contributed by atoms with E-state index in [0.717, 1.165) is 24.6 Å². The summed E-state index contributed by atoms with van der Waals surface area (Å²) < 4.78 is 5.24. The molecule has 2 amide bonds. The first kappa shape index (κ1) is 17.2. The number of nitrogens with zero attached hydrogens (tertiary/aromatic N) is 1. The van der Waals surface area contributed by atoms with Crippen molar-refractivity contribution in [2.45, 2.75) is 19.8 Å². The van der Waals surface area contributed by atoms with Gasteiger partial charge in [-0.25, -0.2) is 0 Å². The Morgan fingerprint density at radius 2 is 2.05 bits per heavy atom. The number of carbonyl (C=O) groups excluding carboxylic acids is 2. The average molecular weight is 360 g/mol. The molecule has 0 radical (unpaired) electrons. The topological polar surface area (TPSA) is 46.6 Å². The number of hydrogen-bond donors (Lipinski definition) is 0. The van der Waals surface area contributed by atoms with Crippen LogP contribution in [0.2, 0.25) is 10.0 Å². The monoisotopic (exact) mass is 359 g/mol. The van der Waals surface area contributed by atoms with E-state index in [1.165, 1.54) is 12.0 Å². The summed E-state index contributed by atoms with van der Waals surface area (Å²) in [7, 11) is 1.49. The van der Waals surface area contributed by atoms with Crippen LogP contribution in [-0.2, 0) is 4.79 Å². The van der Waals surface area contributed by atoms with Gasteiger partial charge in [0.25, 0.3) is 11.1 Å². The summed E-state index contributed by atoms with van der Waals surface area (Å²) in [4.78, 5) is 25.8. The van der Waals surface area contributed by atoms with E-state index in [-0.39, 0.29) is 11.1 Å². The number of thioether (sulfide) groups is 1. The number of ether oxygens (including phenoxy) is 1. The summed E-state index contributed by atoms with van der Waals surface area (Å²) in [5, 5.41) is 0.533. The van der Waals surface area contributed by atoms with Gasteiger partial charge in [0.1, 0.15) is 5.75 Å². The minimum Gasteiger partial charge on any atom is -0.495 e. The first-order valence-electron chi connectivity index (χ1n) is 6.76. The largest absolute Gasteiger partial charge is 0.495 e. The molecule has 0 aromatic heterocycles. The number of rotatable bonds is 5. The number of methoxy groups -OCH3 is 1. The Morgan fingerprint density at radius 1 is 1.32 bits per heavy atom. The van der Waals surface area contributed by atoms with E-state index in [1.54, 1.807) is 18.2 Å². The lowest BCUT2D eigenvalue weighted by atomic mass is 10.1. The summed E-state index contributed by atoms with van der Waals surface area (Å²) in [6.45, 7) is 2.44. The molecule has 1 aromatic carbocycles. The number of imide groups is 1. The summed E-state index contributed by atoms with van der Waals surface area (Å²) in [5.74, 6) is 0.132. The molecule has 1 aliphatic rings. The van der Waals surface area contributed by atoms with Gasteiger partial charge in [0, 0.05) is 17.1 Å². The van der Waals surface area contributed by atoms with Crippen molar-refractivity contribution in [1.82, 2.24) is 4.90 Å². The van der Waals surface area contributed by atoms with Gasteiger partial charge in [-0.15, -0.1) is 0 Å². The third-order valence-electron chi connectivity index (χ3n) is 3.14. The van der Waals surface area contributed by atoms with E-state index in [0.29, 0.717) is 32.8 Å². The molecule has 0 bridgehead atoms. The predicted molar refractivity (Wildman–Crippen MR) is 90.6 cm³/mol. The molecule has 0 spiro atoms. The van der Waals surface area contributed by atoms with Crippen LogP contribution < -0.4 is 4.74 Å². The minimum absolute atomic E-state index is 0.253. The van der Waals surface area contributed by atoms with E-state index in [2.05, 4.69) is 0 Å². The lowest BCUT2D eigenvalue weighted by Gasteiger charge is -2.11. The average Bonchev–Trinajstić information content (AvgIpc) is 2.71. The molecule has 0 aliphatic carbocycles. The van der Waals surface area contributed by atoms with E-state index >= 15 is 0 Å². The molecule has 0 atom stereocenters. The van der Waals surface area contributed by atoms with Gasteiger partial charge in [0.05, 0.1) is 17.0 Å². The Kier molecular flexibility index (Phi) is 5.78. The number of benzene rings is 1. The highest BCUT2D eigenvalue weighted by Gasteiger charge is 2.34. The van der Waals surface area contributed by atoms with Gasteiger partial charge < -0.3 is 4.74 Å².